The summed E-state index contributed by atoms with van der Waals surface area (Å²) >= 11 is 0. The van der Waals surface area contributed by atoms with Gasteiger partial charge >= 0.3 is 0 Å². The van der Waals surface area contributed by atoms with Crippen LogP contribution < -0.4 is 4.74 Å². The van der Waals surface area contributed by atoms with E-state index in [4.69, 9.17) is 4.74 Å². The fourth-order valence-corrected chi connectivity index (χ4v) is 4.29. The van der Waals surface area contributed by atoms with Crippen LogP contribution in [0.1, 0.15) is 83.4 Å². The average molecular weight is 367 g/mol. The Morgan fingerprint density at radius 1 is 1.04 bits per heavy atom. The molecule has 2 nitrogen and oxygen atoms in total. The quantitative estimate of drug-likeness (QED) is 0.546. The van der Waals surface area contributed by atoms with Gasteiger partial charge in [0, 0.05) is 5.56 Å². The van der Waals surface area contributed by atoms with Crippen LogP contribution in [0.2, 0.25) is 0 Å². The Labute approximate surface area is 164 Å². The lowest BCUT2D eigenvalue weighted by Gasteiger charge is -2.37. The van der Waals surface area contributed by atoms with Crippen LogP contribution in [0.3, 0.4) is 0 Å². The van der Waals surface area contributed by atoms with Crippen molar-refractivity contribution < 1.29 is 9.84 Å². The van der Waals surface area contributed by atoms with Gasteiger partial charge in [0.05, 0.1) is 5.56 Å². The number of phenols is 1. The molecule has 2 heteroatoms. The minimum atomic E-state index is -0.412. The predicted molar refractivity (Wildman–Crippen MR) is 114 cm³/mol. The van der Waals surface area contributed by atoms with Gasteiger partial charge in [-0.05, 0) is 61.4 Å². The van der Waals surface area contributed by atoms with E-state index in [0.29, 0.717) is 5.75 Å². The van der Waals surface area contributed by atoms with E-state index in [1.807, 2.05) is 6.07 Å². The highest BCUT2D eigenvalue weighted by atomic mass is 16.5. The number of phenolic OH excluding ortho intramolecular Hbond substituents is 1. The SMILES string of the molecule is CCCCCCC(C)(C)c1cc(O)c2c(c1)OC(C)(C)c1cccc(C)c1-2. The molecule has 0 unspecified atom stereocenters. The van der Waals surface area contributed by atoms with Crippen LogP contribution in [0, 0.1) is 6.92 Å². The lowest BCUT2D eigenvalue weighted by molar-refractivity contribution is 0.105. The van der Waals surface area contributed by atoms with Crippen molar-refractivity contribution in [3.05, 3.63) is 47.0 Å². The Morgan fingerprint density at radius 2 is 1.78 bits per heavy atom. The van der Waals surface area contributed by atoms with Gasteiger partial charge in [-0.2, -0.15) is 0 Å². The van der Waals surface area contributed by atoms with Crippen LogP contribution in [0.25, 0.3) is 11.1 Å². The van der Waals surface area contributed by atoms with Crippen molar-refractivity contribution in [3.8, 4) is 22.6 Å². The van der Waals surface area contributed by atoms with Crippen LogP contribution in [0.5, 0.6) is 11.5 Å². The highest BCUT2D eigenvalue weighted by Gasteiger charge is 2.36. The normalized spacial score (nSPS) is 15.0. The van der Waals surface area contributed by atoms with E-state index < -0.39 is 5.60 Å². The van der Waals surface area contributed by atoms with Gasteiger partial charge in [-0.1, -0.05) is 64.7 Å². The molecular weight excluding hydrogens is 332 g/mol. The highest BCUT2D eigenvalue weighted by molar-refractivity contribution is 5.84. The van der Waals surface area contributed by atoms with Crippen molar-refractivity contribution in [2.75, 3.05) is 0 Å². The molecule has 0 radical (unpaired) electrons. The number of hydrogen-bond acceptors (Lipinski definition) is 2. The van der Waals surface area contributed by atoms with E-state index >= 15 is 0 Å². The van der Waals surface area contributed by atoms with E-state index in [1.165, 1.54) is 31.2 Å². The molecule has 0 amide bonds. The molecule has 0 saturated heterocycles. The standard InChI is InChI=1S/C25H34O2/c1-7-8-9-10-14-24(3,4)18-15-20(26)23-21(16-18)27-25(5,6)19-13-11-12-17(2)22(19)23/h11-13,15-16,26H,7-10,14H2,1-6H3. The van der Waals surface area contributed by atoms with Crippen molar-refractivity contribution in [1.29, 1.82) is 0 Å². The largest absolute Gasteiger partial charge is 0.507 e. The van der Waals surface area contributed by atoms with E-state index in [2.05, 4.69) is 65.8 Å². The second-order valence-corrected chi connectivity index (χ2v) is 9.17. The first-order valence-corrected chi connectivity index (χ1v) is 10.3. The summed E-state index contributed by atoms with van der Waals surface area (Å²) in [6.45, 7) is 13.1. The molecule has 2 aromatic rings. The lowest BCUT2D eigenvalue weighted by Crippen LogP contribution is -2.30. The van der Waals surface area contributed by atoms with Gasteiger partial charge in [0.2, 0.25) is 0 Å². The maximum Gasteiger partial charge on any atom is 0.132 e. The average Bonchev–Trinajstić information content (AvgIpc) is 2.58. The Hall–Kier alpha value is -1.96. The Bertz CT molecular complexity index is 830. The summed E-state index contributed by atoms with van der Waals surface area (Å²) in [7, 11) is 0. The maximum absolute atomic E-state index is 11.0. The van der Waals surface area contributed by atoms with Gasteiger partial charge in [0.25, 0.3) is 0 Å². The smallest absolute Gasteiger partial charge is 0.132 e. The number of benzene rings is 2. The molecule has 27 heavy (non-hydrogen) atoms. The summed E-state index contributed by atoms with van der Waals surface area (Å²) in [6.07, 6.45) is 6.14. The second kappa shape index (κ2) is 7.22. The molecule has 0 aliphatic carbocycles. The third kappa shape index (κ3) is 3.72. The molecule has 3 rings (SSSR count). The third-order valence-corrected chi connectivity index (χ3v) is 6.05. The van der Waals surface area contributed by atoms with Gasteiger partial charge in [-0.15, -0.1) is 0 Å². The number of fused-ring (bicyclic) bond motifs is 3. The Kier molecular flexibility index (Phi) is 5.29. The minimum absolute atomic E-state index is 0.0137. The second-order valence-electron chi connectivity index (χ2n) is 9.17. The molecule has 146 valence electrons. The maximum atomic E-state index is 11.0. The summed E-state index contributed by atoms with van der Waals surface area (Å²) in [5, 5.41) is 11.0. The van der Waals surface area contributed by atoms with Crippen molar-refractivity contribution in [1.82, 2.24) is 0 Å². The Balaban J connectivity index is 2.04. The number of rotatable bonds is 6. The molecule has 1 N–H and O–H groups in total. The number of aryl methyl sites for hydroxylation is 1. The lowest BCUT2D eigenvalue weighted by atomic mass is 9.77. The number of hydrogen-bond donors (Lipinski definition) is 1. The van der Waals surface area contributed by atoms with Gasteiger partial charge in [0.1, 0.15) is 17.1 Å². The van der Waals surface area contributed by atoms with Gasteiger partial charge in [0.15, 0.2) is 0 Å². The molecule has 0 saturated carbocycles. The van der Waals surface area contributed by atoms with Crippen LogP contribution in [-0.2, 0) is 11.0 Å². The topological polar surface area (TPSA) is 29.5 Å². The third-order valence-electron chi connectivity index (χ3n) is 6.05. The first-order chi connectivity index (χ1) is 12.7. The van der Waals surface area contributed by atoms with E-state index in [-0.39, 0.29) is 5.41 Å². The molecule has 0 fully saturated rings. The van der Waals surface area contributed by atoms with E-state index in [9.17, 15) is 5.11 Å². The molecule has 1 heterocycles. The van der Waals surface area contributed by atoms with Gasteiger partial charge < -0.3 is 9.84 Å². The summed E-state index contributed by atoms with van der Waals surface area (Å²) in [4.78, 5) is 0. The van der Waals surface area contributed by atoms with Gasteiger partial charge in [-0.3, -0.25) is 0 Å². The first-order valence-electron chi connectivity index (χ1n) is 10.3. The van der Waals surface area contributed by atoms with Crippen molar-refractivity contribution in [2.24, 2.45) is 0 Å². The molecule has 0 aromatic heterocycles. The van der Waals surface area contributed by atoms with Crippen LogP contribution in [0.4, 0.5) is 0 Å². The van der Waals surface area contributed by atoms with Crippen molar-refractivity contribution in [2.45, 2.75) is 84.7 Å². The summed E-state index contributed by atoms with van der Waals surface area (Å²) in [6, 6.07) is 10.4. The zero-order valence-corrected chi connectivity index (χ0v) is 17.8. The summed E-state index contributed by atoms with van der Waals surface area (Å²) in [5.74, 6) is 1.13. The molecule has 1 aliphatic heterocycles. The van der Waals surface area contributed by atoms with Crippen LogP contribution in [-0.4, -0.2) is 5.11 Å². The number of aromatic hydroxyl groups is 1. The predicted octanol–water partition coefficient (Wildman–Crippen LogP) is 7.24. The monoisotopic (exact) mass is 366 g/mol. The molecule has 0 atom stereocenters. The first kappa shape index (κ1) is 19.8. The van der Waals surface area contributed by atoms with Crippen LogP contribution >= 0.6 is 0 Å². The molecule has 0 spiro atoms. The molecular formula is C25H34O2. The minimum Gasteiger partial charge on any atom is -0.507 e. The highest BCUT2D eigenvalue weighted by Crippen LogP contribution is 2.51. The number of ether oxygens (including phenoxy) is 1. The molecule has 1 aliphatic rings. The van der Waals surface area contributed by atoms with Crippen molar-refractivity contribution >= 4 is 0 Å². The van der Waals surface area contributed by atoms with E-state index in [1.54, 1.807) is 0 Å². The van der Waals surface area contributed by atoms with Crippen molar-refractivity contribution in [3.63, 3.8) is 0 Å². The zero-order chi connectivity index (χ0) is 19.8. The fourth-order valence-electron chi connectivity index (χ4n) is 4.29. The molecule has 0 bridgehead atoms. The zero-order valence-electron chi connectivity index (χ0n) is 17.8. The summed E-state index contributed by atoms with van der Waals surface area (Å²) in [5.41, 5.74) is 5.03. The van der Waals surface area contributed by atoms with Gasteiger partial charge in [-0.25, -0.2) is 0 Å². The summed E-state index contributed by atoms with van der Waals surface area (Å²) < 4.78 is 6.40. The van der Waals surface area contributed by atoms with E-state index in [0.717, 1.165) is 34.4 Å². The molecule has 2 aromatic carbocycles. The fraction of sp³-hybridized carbons (Fsp3) is 0.520. The number of unbranched alkanes of at least 4 members (excludes halogenated alkanes) is 3. The Morgan fingerprint density at radius 3 is 2.48 bits per heavy atom. The van der Waals surface area contributed by atoms with Crippen LogP contribution in [0.15, 0.2) is 30.3 Å².